The van der Waals surface area contributed by atoms with E-state index in [2.05, 4.69) is 29.6 Å². The predicted molar refractivity (Wildman–Crippen MR) is 115 cm³/mol. The van der Waals surface area contributed by atoms with E-state index in [1.54, 1.807) is 19.1 Å². The SMILES string of the molecule is CCN(CC)Cc1ccc(C(=O)NNC(=O)C(C)Oc2cccc(C)c2C)cc1. The van der Waals surface area contributed by atoms with E-state index in [1.165, 1.54) is 0 Å². The van der Waals surface area contributed by atoms with Gasteiger partial charge in [-0.05, 0) is 68.8 Å². The Labute approximate surface area is 173 Å². The van der Waals surface area contributed by atoms with Crippen molar-refractivity contribution in [2.24, 2.45) is 0 Å². The van der Waals surface area contributed by atoms with E-state index in [-0.39, 0.29) is 5.91 Å². The number of hydrogen-bond acceptors (Lipinski definition) is 4. The highest BCUT2D eigenvalue weighted by molar-refractivity contribution is 5.95. The van der Waals surface area contributed by atoms with Crippen molar-refractivity contribution in [3.05, 3.63) is 64.7 Å². The zero-order valence-electron chi connectivity index (χ0n) is 17.9. The van der Waals surface area contributed by atoms with Gasteiger partial charge >= 0.3 is 0 Å². The number of rotatable bonds is 8. The number of carbonyl (C=O) groups is 2. The standard InChI is InChI=1S/C23H31N3O3/c1-6-26(7-2)15-19-11-13-20(14-12-19)23(28)25-24-22(27)18(5)29-21-10-8-9-16(3)17(21)4/h8-14,18H,6-7,15H2,1-5H3,(H,24,27)(H,25,28). The quantitative estimate of drug-likeness (QED) is 0.670. The first-order valence-corrected chi connectivity index (χ1v) is 10.00. The minimum absolute atomic E-state index is 0.369. The van der Waals surface area contributed by atoms with Crippen LogP contribution in [0, 0.1) is 13.8 Å². The molecule has 0 bridgehead atoms. The summed E-state index contributed by atoms with van der Waals surface area (Å²) in [6.45, 7) is 12.6. The zero-order valence-corrected chi connectivity index (χ0v) is 17.9. The third-order valence-electron chi connectivity index (χ3n) is 5.04. The largest absolute Gasteiger partial charge is 0.481 e. The first kappa shape index (κ1) is 22.4. The molecule has 0 saturated carbocycles. The molecule has 0 aliphatic rings. The van der Waals surface area contributed by atoms with Crippen LogP contribution in [0.15, 0.2) is 42.5 Å². The van der Waals surface area contributed by atoms with Gasteiger partial charge in [-0.3, -0.25) is 25.3 Å². The van der Waals surface area contributed by atoms with Gasteiger partial charge in [0.25, 0.3) is 11.8 Å². The molecular weight excluding hydrogens is 366 g/mol. The van der Waals surface area contributed by atoms with Gasteiger partial charge in [0.15, 0.2) is 6.10 Å². The van der Waals surface area contributed by atoms with Crippen molar-refractivity contribution < 1.29 is 14.3 Å². The van der Waals surface area contributed by atoms with Crippen LogP contribution in [0.4, 0.5) is 0 Å². The fraction of sp³-hybridized carbons (Fsp3) is 0.391. The van der Waals surface area contributed by atoms with Crippen molar-refractivity contribution in [2.75, 3.05) is 13.1 Å². The Kier molecular flexibility index (Phi) is 8.21. The van der Waals surface area contributed by atoms with Gasteiger partial charge < -0.3 is 4.74 Å². The number of carbonyl (C=O) groups excluding carboxylic acids is 2. The number of hydrogen-bond donors (Lipinski definition) is 2. The van der Waals surface area contributed by atoms with Crippen molar-refractivity contribution >= 4 is 11.8 Å². The molecule has 2 aromatic carbocycles. The molecule has 1 unspecified atom stereocenters. The number of amides is 2. The Bertz CT molecular complexity index is 830. The maximum Gasteiger partial charge on any atom is 0.279 e. The molecular formula is C23H31N3O3. The molecule has 0 heterocycles. The van der Waals surface area contributed by atoms with E-state index in [1.807, 2.05) is 44.2 Å². The first-order valence-electron chi connectivity index (χ1n) is 10.00. The Morgan fingerprint density at radius 2 is 1.66 bits per heavy atom. The van der Waals surface area contributed by atoms with E-state index >= 15 is 0 Å². The van der Waals surface area contributed by atoms with Gasteiger partial charge in [-0.1, -0.05) is 38.1 Å². The highest BCUT2D eigenvalue weighted by Gasteiger charge is 2.17. The number of nitrogens with zero attached hydrogens (tertiary/aromatic N) is 1. The summed E-state index contributed by atoms with van der Waals surface area (Å²) in [4.78, 5) is 26.9. The summed E-state index contributed by atoms with van der Waals surface area (Å²) in [5.41, 5.74) is 8.58. The number of benzene rings is 2. The van der Waals surface area contributed by atoms with E-state index in [0.717, 1.165) is 36.3 Å². The average molecular weight is 398 g/mol. The molecule has 2 amide bonds. The summed E-state index contributed by atoms with van der Waals surface area (Å²) >= 11 is 0. The molecule has 2 N–H and O–H groups in total. The lowest BCUT2D eigenvalue weighted by atomic mass is 10.1. The fourth-order valence-corrected chi connectivity index (χ4v) is 2.85. The molecule has 0 aliphatic heterocycles. The number of hydrazine groups is 1. The molecule has 29 heavy (non-hydrogen) atoms. The van der Waals surface area contributed by atoms with E-state index in [0.29, 0.717) is 11.3 Å². The molecule has 6 heteroatoms. The van der Waals surface area contributed by atoms with Crippen molar-refractivity contribution in [1.82, 2.24) is 15.8 Å². The molecule has 0 radical (unpaired) electrons. The molecule has 2 rings (SSSR count). The lowest BCUT2D eigenvalue weighted by Gasteiger charge is -2.18. The highest BCUT2D eigenvalue weighted by atomic mass is 16.5. The minimum atomic E-state index is -0.743. The molecule has 2 aromatic rings. The third kappa shape index (κ3) is 6.32. The lowest BCUT2D eigenvalue weighted by Crippen LogP contribution is -2.47. The van der Waals surface area contributed by atoms with Crippen LogP contribution in [0.25, 0.3) is 0 Å². The first-order chi connectivity index (χ1) is 13.8. The van der Waals surface area contributed by atoms with Crippen LogP contribution in [0.3, 0.4) is 0 Å². The second kappa shape index (κ2) is 10.6. The van der Waals surface area contributed by atoms with Crippen molar-refractivity contribution in [3.8, 4) is 5.75 Å². The third-order valence-corrected chi connectivity index (χ3v) is 5.04. The van der Waals surface area contributed by atoms with Gasteiger partial charge in [0.05, 0.1) is 0 Å². The molecule has 0 spiro atoms. The molecule has 6 nitrogen and oxygen atoms in total. The fourth-order valence-electron chi connectivity index (χ4n) is 2.85. The Balaban J connectivity index is 1.87. The van der Waals surface area contributed by atoms with E-state index < -0.39 is 12.0 Å². The Morgan fingerprint density at radius 1 is 1.00 bits per heavy atom. The van der Waals surface area contributed by atoms with E-state index in [9.17, 15) is 9.59 Å². The molecule has 0 saturated heterocycles. The maximum atomic E-state index is 12.3. The number of aryl methyl sites for hydroxylation is 1. The summed E-state index contributed by atoms with van der Waals surface area (Å²) in [6, 6.07) is 13.1. The van der Waals surface area contributed by atoms with Crippen molar-refractivity contribution in [2.45, 2.75) is 47.3 Å². The topological polar surface area (TPSA) is 70.7 Å². The highest BCUT2D eigenvalue weighted by Crippen LogP contribution is 2.21. The molecule has 1 atom stereocenters. The summed E-state index contributed by atoms with van der Waals surface area (Å²) in [5, 5.41) is 0. The van der Waals surface area contributed by atoms with Crippen LogP contribution in [-0.4, -0.2) is 35.9 Å². The summed E-state index contributed by atoms with van der Waals surface area (Å²) in [6.07, 6.45) is -0.743. The summed E-state index contributed by atoms with van der Waals surface area (Å²) < 4.78 is 5.73. The smallest absolute Gasteiger partial charge is 0.279 e. The lowest BCUT2D eigenvalue weighted by molar-refractivity contribution is -0.128. The normalized spacial score (nSPS) is 11.8. The zero-order chi connectivity index (χ0) is 21.4. The van der Waals surface area contributed by atoms with Gasteiger partial charge in [0, 0.05) is 12.1 Å². The van der Waals surface area contributed by atoms with Crippen LogP contribution < -0.4 is 15.6 Å². The summed E-state index contributed by atoms with van der Waals surface area (Å²) in [5.74, 6) is -0.133. The van der Waals surface area contributed by atoms with Crippen molar-refractivity contribution in [1.29, 1.82) is 0 Å². The number of nitrogens with one attached hydrogen (secondary N) is 2. The van der Waals surface area contributed by atoms with Gasteiger partial charge in [-0.25, -0.2) is 0 Å². The van der Waals surface area contributed by atoms with E-state index in [4.69, 9.17) is 4.74 Å². The molecule has 0 fully saturated rings. The van der Waals surface area contributed by atoms with Crippen LogP contribution in [0.5, 0.6) is 5.75 Å². The molecule has 156 valence electrons. The van der Waals surface area contributed by atoms with Crippen molar-refractivity contribution in [3.63, 3.8) is 0 Å². The van der Waals surface area contributed by atoms with Crippen LogP contribution in [-0.2, 0) is 11.3 Å². The predicted octanol–water partition coefficient (Wildman–Crippen LogP) is 3.37. The van der Waals surface area contributed by atoms with Crippen LogP contribution in [0.1, 0.15) is 47.8 Å². The number of ether oxygens (including phenoxy) is 1. The minimum Gasteiger partial charge on any atom is -0.481 e. The second-order valence-electron chi connectivity index (χ2n) is 7.06. The van der Waals surface area contributed by atoms with Crippen LogP contribution in [0.2, 0.25) is 0 Å². The van der Waals surface area contributed by atoms with Gasteiger partial charge in [-0.2, -0.15) is 0 Å². The maximum absolute atomic E-state index is 12.3. The molecule has 0 aromatic heterocycles. The summed E-state index contributed by atoms with van der Waals surface area (Å²) in [7, 11) is 0. The van der Waals surface area contributed by atoms with Gasteiger partial charge in [-0.15, -0.1) is 0 Å². The monoisotopic (exact) mass is 397 g/mol. The Hall–Kier alpha value is -2.86. The average Bonchev–Trinajstić information content (AvgIpc) is 2.73. The van der Waals surface area contributed by atoms with Gasteiger partial charge in [0.1, 0.15) is 5.75 Å². The second-order valence-corrected chi connectivity index (χ2v) is 7.06. The molecule has 0 aliphatic carbocycles. The Morgan fingerprint density at radius 3 is 2.28 bits per heavy atom. The van der Waals surface area contributed by atoms with Crippen LogP contribution >= 0.6 is 0 Å². The van der Waals surface area contributed by atoms with Gasteiger partial charge in [0.2, 0.25) is 0 Å².